The number of benzene rings is 1. The zero-order chi connectivity index (χ0) is 10.1. The van der Waals surface area contributed by atoms with E-state index in [9.17, 15) is 0 Å². The molecule has 1 aromatic carbocycles. The summed E-state index contributed by atoms with van der Waals surface area (Å²) in [4.78, 5) is 0. The van der Waals surface area contributed by atoms with Gasteiger partial charge < -0.3 is 14.5 Å². The monoisotopic (exact) mass is 203 g/mol. The second-order valence-corrected chi connectivity index (χ2v) is 3.92. The van der Waals surface area contributed by atoms with E-state index >= 15 is 0 Å². The fraction of sp³-hybridized carbons (Fsp3) is 0.333. The van der Waals surface area contributed by atoms with Crippen LogP contribution in [0.2, 0.25) is 0 Å². The van der Waals surface area contributed by atoms with Gasteiger partial charge in [-0.15, -0.1) is 0 Å². The van der Waals surface area contributed by atoms with Gasteiger partial charge in [-0.25, -0.2) is 0 Å². The first kappa shape index (κ1) is 8.80. The van der Waals surface area contributed by atoms with E-state index in [0.29, 0.717) is 5.92 Å². The number of rotatable bonds is 3. The Morgan fingerprint density at radius 2 is 2.27 bits per heavy atom. The van der Waals surface area contributed by atoms with E-state index in [2.05, 4.69) is 5.32 Å². The van der Waals surface area contributed by atoms with Crippen LogP contribution < -0.4 is 10.1 Å². The minimum Gasteiger partial charge on any atom is -0.492 e. The van der Waals surface area contributed by atoms with E-state index < -0.39 is 0 Å². The lowest BCUT2D eigenvalue weighted by Crippen LogP contribution is -2.45. The summed E-state index contributed by atoms with van der Waals surface area (Å²) in [7, 11) is 0. The normalized spacial score (nSPS) is 16.5. The number of ether oxygens (including phenoxy) is 1. The lowest BCUT2D eigenvalue weighted by molar-refractivity contribution is 0.201. The lowest BCUT2D eigenvalue weighted by Gasteiger charge is -2.26. The fourth-order valence-corrected chi connectivity index (χ4v) is 1.77. The first-order chi connectivity index (χ1) is 7.43. The number of fused-ring (bicyclic) bond motifs is 1. The molecule has 0 unspecified atom stereocenters. The highest BCUT2D eigenvalue weighted by Crippen LogP contribution is 2.26. The van der Waals surface area contributed by atoms with E-state index in [1.165, 1.54) is 0 Å². The average molecular weight is 203 g/mol. The van der Waals surface area contributed by atoms with Gasteiger partial charge in [0.2, 0.25) is 0 Å². The molecule has 0 atom stereocenters. The molecule has 1 aliphatic rings. The molecule has 2 heterocycles. The second kappa shape index (κ2) is 3.59. The van der Waals surface area contributed by atoms with E-state index in [-0.39, 0.29) is 0 Å². The van der Waals surface area contributed by atoms with Crippen LogP contribution >= 0.6 is 0 Å². The Labute approximate surface area is 88.0 Å². The zero-order valence-corrected chi connectivity index (χ0v) is 8.40. The summed E-state index contributed by atoms with van der Waals surface area (Å²) >= 11 is 0. The smallest absolute Gasteiger partial charge is 0.137 e. The highest BCUT2D eigenvalue weighted by molar-refractivity contribution is 5.83. The maximum absolute atomic E-state index is 5.78. The molecule has 1 aromatic heterocycles. The molecule has 1 aliphatic heterocycles. The van der Waals surface area contributed by atoms with Crippen molar-refractivity contribution in [2.24, 2.45) is 5.92 Å². The number of furan rings is 1. The summed E-state index contributed by atoms with van der Waals surface area (Å²) in [6.45, 7) is 2.93. The van der Waals surface area contributed by atoms with Gasteiger partial charge in [-0.3, -0.25) is 0 Å². The molecule has 0 bridgehead atoms. The molecule has 3 rings (SSSR count). The van der Waals surface area contributed by atoms with Crippen molar-refractivity contribution in [3.8, 4) is 5.75 Å². The topological polar surface area (TPSA) is 34.4 Å². The number of hydrogen-bond acceptors (Lipinski definition) is 3. The van der Waals surface area contributed by atoms with Crippen LogP contribution in [0.15, 0.2) is 34.9 Å². The van der Waals surface area contributed by atoms with Gasteiger partial charge in [0.05, 0.1) is 18.3 Å². The van der Waals surface area contributed by atoms with Gasteiger partial charge in [-0.05, 0) is 18.2 Å². The van der Waals surface area contributed by atoms with E-state index in [4.69, 9.17) is 9.15 Å². The molecular weight excluding hydrogens is 190 g/mol. The van der Waals surface area contributed by atoms with Crippen LogP contribution in [0.4, 0.5) is 0 Å². The van der Waals surface area contributed by atoms with Crippen LogP contribution in [0, 0.1) is 5.92 Å². The Morgan fingerprint density at radius 3 is 3.07 bits per heavy atom. The molecule has 0 aliphatic carbocycles. The Morgan fingerprint density at radius 1 is 1.33 bits per heavy atom. The van der Waals surface area contributed by atoms with Crippen LogP contribution in [0.1, 0.15) is 0 Å². The third-order valence-electron chi connectivity index (χ3n) is 2.80. The van der Waals surface area contributed by atoms with Gasteiger partial charge in [0.15, 0.2) is 0 Å². The Bertz CT molecular complexity index is 459. The molecule has 0 saturated carbocycles. The average Bonchev–Trinajstić information content (AvgIpc) is 2.63. The molecule has 0 radical (unpaired) electrons. The largest absolute Gasteiger partial charge is 0.492 e. The summed E-state index contributed by atoms with van der Waals surface area (Å²) in [6, 6.07) is 7.85. The van der Waals surface area contributed by atoms with Crippen molar-refractivity contribution in [1.82, 2.24) is 5.32 Å². The van der Waals surface area contributed by atoms with Gasteiger partial charge in [0.25, 0.3) is 0 Å². The molecule has 78 valence electrons. The minimum absolute atomic E-state index is 0.659. The lowest BCUT2D eigenvalue weighted by atomic mass is 10.1. The number of hydrogen-bond donors (Lipinski definition) is 1. The van der Waals surface area contributed by atoms with E-state index in [0.717, 1.165) is 36.4 Å². The molecule has 0 amide bonds. The third-order valence-corrected chi connectivity index (χ3v) is 2.80. The first-order valence-corrected chi connectivity index (χ1v) is 5.23. The molecule has 1 saturated heterocycles. The molecule has 3 heteroatoms. The maximum Gasteiger partial charge on any atom is 0.137 e. The SMILES string of the molecule is c1cc(OCC2CNC2)c2ccoc2c1. The van der Waals surface area contributed by atoms with Gasteiger partial charge in [0, 0.05) is 19.0 Å². The Balaban J connectivity index is 1.80. The van der Waals surface area contributed by atoms with Gasteiger partial charge in [-0.2, -0.15) is 0 Å². The minimum atomic E-state index is 0.659. The van der Waals surface area contributed by atoms with Crippen LogP contribution in [0.25, 0.3) is 11.0 Å². The van der Waals surface area contributed by atoms with Gasteiger partial charge >= 0.3 is 0 Å². The molecule has 1 N–H and O–H groups in total. The van der Waals surface area contributed by atoms with Crippen LogP contribution in [-0.4, -0.2) is 19.7 Å². The number of nitrogens with one attached hydrogen (secondary N) is 1. The van der Waals surface area contributed by atoms with Crippen molar-refractivity contribution >= 4 is 11.0 Å². The summed E-state index contributed by atoms with van der Waals surface area (Å²) in [5, 5.41) is 4.29. The van der Waals surface area contributed by atoms with Crippen molar-refractivity contribution in [2.45, 2.75) is 0 Å². The molecule has 2 aromatic rings. The second-order valence-electron chi connectivity index (χ2n) is 3.92. The fourth-order valence-electron chi connectivity index (χ4n) is 1.77. The highest BCUT2D eigenvalue weighted by atomic mass is 16.5. The van der Waals surface area contributed by atoms with Crippen LogP contribution in [0.5, 0.6) is 5.75 Å². The Kier molecular flexibility index (Phi) is 2.10. The third kappa shape index (κ3) is 1.59. The quantitative estimate of drug-likeness (QED) is 0.828. The van der Waals surface area contributed by atoms with Gasteiger partial charge in [-0.1, -0.05) is 6.07 Å². The molecule has 0 spiro atoms. The van der Waals surface area contributed by atoms with Crippen molar-refractivity contribution in [1.29, 1.82) is 0 Å². The van der Waals surface area contributed by atoms with E-state index in [1.807, 2.05) is 24.3 Å². The van der Waals surface area contributed by atoms with Crippen LogP contribution in [-0.2, 0) is 0 Å². The molecule has 15 heavy (non-hydrogen) atoms. The van der Waals surface area contributed by atoms with Crippen molar-refractivity contribution < 1.29 is 9.15 Å². The summed E-state index contributed by atoms with van der Waals surface area (Å²) in [6.07, 6.45) is 1.70. The summed E-state index contributed by atoms with van der Waals surface area (Å²) in [5.41, 5.74) is 0.888. The summed E-state index contributed by atoms with van der Waals surface area (Å²) in [5.74, 6) is 1.58. The Hall–Kier alpha value is -1.48. The van der Waals surface area contributed by atoms with E-state index in [1.54, 1.807) is 6.26 Å². The molecule has 3 nitrogen and oxygen atoms in total. The maximum atomic E-state index is 5.78. The predicted octanol–water partition coefficient (Wildman–Crippen LogP) is 2.03. The van der Waals surface area contributed by atoms with Crippen LogP contribution in [0.3, 0.4) is 0 Å². The van der Waals surface area contributed by atoms with Crippen molar-refractivity contribution in [2.75, 3.05) is 19.7 Å². The zero-order valence-electron chi connectivity index (χ0n) is 8.40. The predicted molar refractivity (Wildman–Crippen MR) is 58.1 cm³/mol. The van der Waals surface area contributed by atoms with Crippen molar-refractivity contribution in [3.63, 3.8) is 0 Å². The van der Waals surface area contributed by atoms with Gasteiger partial charge in [0.1, 0.15) is 11.3 Å². The highest BCUT2D eigenvalue weighted by Gasteiger charge is 2.17. The summed E-state index contributed by atoms with van der Waals surface area (Å²) < 4.78 is 11.1. The van der Waals surface area contributed by atoms with Crippen molar-refractivity contribution in [3.05, 3.63) is 30.5 Å². The molecular formula is C12H13NO2. The first-order valence-electron chi connectivity index (χ1n) is 5.23. The standard InChI is InChI=1S/C12H13NO2/c1-2-11-10(4-5-14-11)12(3-1)15-8-9-6-13-7-9/h1-5,9,13H,6-8H2. The molecule has 1 fully saturated rings.